The van der Waals surface area contributed by atoms with Crippen LogP contribution in [0.25, 0.3) is 0 Å². The first-order valence-electron chi connectivity index (χ1n) is 10.4. The summed E-state index contributed by atoms with van der Waals surface area (Å²) in [5.74, 6) is 0.721. The zero-order valence-electron chi connectivity index (χ0n) is 19.0. The maximum atomic E-state index is 10.6. The lowest BCUT2D eigenvalue weighted by atomic mass is 9.69. The van der Waals surface area contributed by atoms with Gasteiger partial charge >= 0.3 is 0 Å². The monoisotopic (exact) mass is 402 g/mol. The molecular weight excluding hydrogens is 359 g/mol. The highest BCUT2D eigenvalue weighted by Gasteiger charge is 2.57. The molecule has 2 fully saturated rings. The van der Waals surface area contributed by atoms with Crippen LogP contribution in [0, 0.1) is 33.5 Å². The van der Waals surface area contributed by atoms with Gasteiger partial charge in [0.05, 0.1) is 25.4 Å². The maximum Gasteiger partial charge on any atom is 0.114 e. The van der Waals surface area contributed by atoms with Crippen molar-refractivity contribution >= 4 is 13.6 Å². The molecule has 0 saturated heterocycles. The van der Waals surface area contributed by atoms with Crippen LogP contribution in [0.15, 0.2) is 0 Å². The third-order valence-corrected chi connectivity index (χ3v) is 9.64. The topological polar surface area (TPSA) is 58.9 Å². The van der Waals surface area contributed by atoms with E-state index in [1.807, 2.05) is 6.66 Å². The zero-order valence-corrected chi connectivity index (χ0v) is 19.9. The van der Waals surface area contributed by atoms with Crippen molar-refractivity contribution in [2.75, 3.05) is 19.9 Å². The number of hydrogen-bond acceptors (Lipinski definition) is 4. The number of aliphatic hydroxyl groups is 2. The largest absolute Gasteiger partial charge is 0.396 e. The quantitative estimate of drug-likeness (QED) is 0.627. The second kappa shape index (κ2) is 7.13. The summed E-state index contributed by atoms with van der Waals surface area (Å²) in [6.07, 6.45) is 5.78. The van der Waals surface area contributed by atoms with Crippen LogP contribution in [0.1, 0.15) is 68.2 Å². The van der Waals surface area contributed by atoms with E-state index in [0.29, 0.717) is 12.5 Å². The average molecular weight is 403 g/mol. The Kier molecular flexibility index (Phi) is 6.18. The maximum absolute atomic E-state index is 10.6. The fourth-order valence-electron chi connectivity index (χ4n) is 5.57. The van der Waals surface area contributed by atoms with Gasteiger partial charge in [0.2, 0.25) is 0 Å². The molecule has 0 aromatic heterocycles. The van der Waals surface area contributed by atoms with E-state index in [1.54, 1.807) is 0 Å². The van der Waals surface area contributed by atoms with Gasteiger partial charge < -0.3 is 19.3 Å². The third kappa shape index (κ3) is 3.94. The van der Waals surface area contributed by atoms with E-state index in [9.17, 15) is 10.2 Å². The zero-order chi connectivity index (χ0) is 21.1. The van der Waals surface area contributed by atoms with Crippen molar-refractivity contribution in [1.82, 2.24) is 0 Å². The van der Waals surface area contributed by atoms with Gasteiger partial charge in [-0.2, -0.15) is 0 Å². The molecule has 2 rings (SSSR count). The molecule has 0 heterocycles. The summed E-state index contributed by atoms with van der Waals surface area (Å²) >= 11 is 0. The van der Waals surface area contributed by atoms with Gasteiger partial charge in [-0.3, -0.25) is 0 Å². The van der Waals surface area contributed by atoms with Crippen LogP contribution < -0.4 is 0 Å². The third-order valence-electron chi connectivity index (χ3n) is 8.30. The molecule has 27 heavy (non-hydrogen) atoms. The van der Waals surface area contributed by atoms with Gasteiger partial charge in [0.25, 0.3) is 0 Å². The molecule has 160 valence electrons. The highest BCUT2D eigenvalue weighted by molar-refractivity contribution is 7.63. The van der Waals surface area contributed by atoms with Gasteiger partial charge in [-0.15, -0.1) is 0 Å². The van der Waals surface area contributed by atoms with Crippen LogP contribution in [-0.2, 0) is 9.05 Å². The summed E-state index contributed by atoms with van der Waals surface area (Å²) in [4.78, 5) is 0. The van der Waals surface area contributed by atoms with E-state index in [4.69, 9.17) is 9.05 Å². The molecule has 5 heteroatoms. The molecule has 2 N–H and O–H groups in total. The summed E-state index contributed by atoms with van der Waals surface area (Å²) in [5.41, 5.74) is -0.645. The van der Waals surface area contributed by atoms with Gasteiger partial charge in [0.15, 0.2) is 0 Å². The minimum absolute atomic E-state index is 0.0406. The van der Waals surface area contributed by atoms with Crippen LogP contribution in [-0.4, -0.2) is 48.6 Å². The summed E-state index contributed by atoms with van der Waals surface area (Å²) in [6.45, 7) is 20.0. The molecule has 4 nitrogen and oxygen atoms in total. The molecule has 0 aromatic carbocycles. The van der Waals surface area contributed by atoms with Crippen molar-refractivity contribution in [2.45, 2.75) is 80.4 Å². The Morgan fingerprint density at radius 2 is 1.63 bits per heavy atom. The Morgan fingerprint density at radius 3 is 2.07 bits per heavy atom. The van der Waals surface area contributed by atoms with Crippen molar-refractivity contribution in [3.63, 3.8) is 0 Å². The minimum atomic E-state index is -2.32. The molecular formula is C22H43O4P. The van der Waals surface area contributed by atoms with Gasteiger partial charge in [-0.25, -0.2) is 0 Å². The Morgan fingerprint density at radius 1 is 1.07 bits per heavy atom. The summed E-state index contributed by atoms with van der Waals surface area (Å²) in [6, 6.07) is 0. The van der Waals surface area contributed by atoms with Gasteiger partial charge in [-0.1, -0.05) is 61.7 Å². The lowest BCUT2D eigenvalue weighted by Crippen LogP contribution is -2.42. The lowest BCUT2D eigenvalue weighted by molar-refractivity contribution is -0.0340. The molecule has 2 aliphatic rings. The van der Waals surface area contributed by atoms with Gasteiger partial charge in [-0.05, 0) is 40.9 Å². The Balaban J connectivity index is 2.14. The Bertz CT molecular complexity index is 601. The molecule has 0 radical (unpaired) electrons. The fraction of sp³-hybridized carbons (Fsp3) is 0.955. The van der Waals surface area contributed by atoms with Crippen molar-refractivity contribution in [3.05, 3.63) is 0 Å². The molecule has 0 aliphatic heterocycles. The van der Waals surface area contributed by atoms with Crippen molar-refractivity contribution in [2.24, 2.45) is 33.5 Å². The van der Waals surface area contributed by atoms with Crippen LogP contribution in [0.3, 0.4) is 0 Å². The summed E-state index contributed by atoms with van der Waals surface area (Å²) in [7, 11) is -2.32. The molecule has 7 atom stereocenters. The number of rotatable bonds is 6. The van der Waals surface area contributed by atoms with E-state index >= 15 is 0 Å². The van der Waals surface area contributed by atoms with E-state index in [0.717, 1.165) is 12.8 Å². The molecule has 0 spiro atoms. The first-order valence-corrected chi connectivity index (χ1v) is 12.6. The van der Waals surface area contributed by atoms with Crippen LogP contribution >= 0.6 is 7.34 Å². The molecule has 2 aliphatic carbocycles. The number of aliphatic hydroxyl groups excluding tert-OH is 2. The normalized spacial score (nSPS) is 45.7. The predicted octanol–water partition coefficient (Wildman–Crippen LogP) is 4.80. The second-order valence-electron chi connectivity index (χ2n) is 11.4. The Hall–Kier alpha value is 0.140. The van der Waals surface area contributed by atoms with Crippen LogP contribution in [0.2, 0.25) is 0 Å². The highest BCUT2D eigenvalue weighted by atomic mass is 31.2. The summed E-state index contributed by atoms with van der Waals surface area (Å²) < 4.78 is 12.9. The molecule has 2 unspecified atom stereocenters. The van der Waals surface area contributed by atoms with E-state index in [-0.39, 0.29) is 46.4 Å². The number of hydrogen-bond donors (Lipinski definition) is 2. The van der Waals surface area contributed by atoms with E-state index in [2.05, 4.69) is 61.7 Å². The van der Waals surface area contributed by atoms with Crippen LogP contribution in [0.4, 0.5) is 0 Å². The van der Waals surface area contributed by atoms with E-state index < -0.39 is 7.34 Å². The fourth-order valence-corrected chi connectivity index (χ4v) is 7.16. The van der Waals surface area contributed by atoms with Crippen molar-refractivity contribution in [3.8, 4) is 0 Å². The van der Waals surface area contributed by atoms with Crippen LogP contribution in [0.5, 0.6) is 0 Å². The first kappa shape index (κ1) is 23.4. The average Bonchev–Trinajstić information content (AvgIpc) is 2.81. The molecule has 0 bridgehead atoms. The molecule has 2 saturated carbocycles. The minimum Gasteiger partial charge on any atom is -0.396 e. The molecule has 0 aromatic rings. The predicted molar refractivity (Wildman–Crippen MR) is 115 cm³/mol. The SMILES string of the molecule is C=P(C)(OC[C@@]1(C)C[C@@H](C)[C@@H](O)C1(C)C)OC1C(C)(C)[C@H](C)C[C@]1(C)CO. The highest BCUT2D eigenvalue weighted by Crippen LogP contribution is 2.62. The van der Waals surface area contributed by atoms with Crippen molar-refractivity contribution < 1.29 is 19.3 Å². The standard InChI is InChI=1S/C22H43O4P/c1-15-11-22(8,20(5,6)17(15)24)14-25-27(9,10)26-18-19(3,4)16(2)12-21(18,7)13-23/h15-18,23-24H,9,11-14H2,1-8,10H3/t15-,16-,17-,18?,21-,22-,27?/m1/s1. The molecule has 0 amide bonds. The van der Waals surface area contributed by atoms with Gasteiger partial charge in [0.1, 0.15) is 7.34 Å². The van der Waals surface area contributed by atoms with E-state index in [1.165, 1.54) is 0 Å². The Labute approximate surface area is 167 Å². The summed E-state index contributed by atoms with van der Waals surface area (Å²) in [5, 5.41) is 20.7. The van der Waals surface area contributed by atoms with Crippen molar-refractivity contribution in [1.29, 1.82) is 0 Å². The lowest BCUT2D eigenvalue weighted by Gasteiger charge is -2.43. The first-order chi connectivity index (χ1) is 12.0. The van der Waals surface area contributed by atoms with Gasteiger partial charge in [0, 0.05) is 12.1 Å². The second-order valence-corrected chi connectivity index (χ2v) is 13.9. The smallest absolute Gasteiger partial charge is 0.114 e.